The first kappa shape index (κ1) is 9.95. The van der Waals surface area contributed by atoms with Crippen LogP contribution < -0.4 is 0 Å². The molecule has 72 valence electrons. The van der Waals surface area contributed by atoms with Crippen LogP contribution in [0.3, 0.4) is 0 Å². The molecular weight excluding hydrogens is 191 g/mol. The highest BCUT2D eigenvalue weighted by atomic mass is 19.4. The van der Waals surface area contributed by atoms with Gasteiger partial charge in [-0.1, -0.05) is 6.07 Å². The van der Waals surface area contributed by atoms with Gasteiger partial charge in [0.15, 0.2) is 0 Å². The van der Waals surface area contributed by atoms with E-state index in [0.717, 1.165) is 18.2 Å². The van der Waals surface area contributed by atoms with Crippen molar-refractivity contribution in [1.29, 1.82) is 0 Å². The van der Waals surface area contributed by atoms with Crippen LogP contribution in [0.15, 0.2) is 18.2 Å². The Hall–Kier alpha value is -1.13. The second kappa shape index (κ2) is 3.32. The zero-order valence-electron chi connectivity index (χ0n) is 6.33. The molecule has 0 unspecified atom stereocenters. The predicted octanol–water partition coefficient (Wildman–Crippen LogP) is 3.07. The number of halogens is 5. The van der Waals surface area contributed by atoms with E-state index in [4.69, 9.17) is 0 Å². The van der Waals surface area contributed by atoms with Gasteiger partial charge in [-0.05, 0) is 12.1 Å². The lowest BCUT2D eigenvalue weighted by Crippen LogP contribution is -2.14. The summed E-state index contributed by atoms with van der Waals surface area (Å²) in [6, 6.07) is 2.61. The van der Waals surface area contributed by atoms with Crippen molar-refractivity contribution < 1.29 is 22.0 Å². The van der Waals surface area contributed by atoms with Crippen molar-refractivity contribution >= 4 is 0 Å². The summed E-state index contributed by atoms with van der Waals surface area (Å²) in [4.78, 5) is 0. The maximum atomic E-state index is 12.6. The van der Waals surface area contributed by atoms with Gasteiger partial charge in [0, 0.05) is 5.56 Å². The minimum atomic E-state index is -4.59. The summed E-state index contributed by atoms with van der Waals surface area (Å²) in [6.07, 6.45) is -6.17. The first-order chi connectivity index (χ1) is 5.90. The Bertz CT molecular complexity index is 282. The van der Waals surface area contributed by atoms with Crippen LogP contribution in [-0.4, -0.2) is 6.18 Å². The van der Waals surface area contributed by atoms with Gasteiger partial charge in [-0.15, -0.1) is 0 Å². The first-order valence-corrected chi connectivity index (χ1v) is 3.40. The molecule has 1 aromatic rings. The lowest BCUT2D eigenvalue weighted by atomic mass is 10.1. The fourth-order valence-electron chi connectivity index (χ4n) is 0.902. The normalized spacial score (nSPS) is 11.8. The number of hydrogen-bond acceptors (Lipinski definition) is 0. The first-order valence-electron chi connectivity index (χ1n) is 3.40. The topological polar surface area (TPSA) is 0 Å². The quantitative estimate of drug-likeness (QED) is 0.605. The van der Waals surface area contributed by atoms with Crippen LogP contribution in [-0.2, 0) is 6.42 Å². The molecule has 0 nitrogen and oxygen atoms in total. The van der Waals surface area contributed by atoms with Crippen LogP contribution in [0, 0.1) is 11.6 Å². The molecule has 0 saturated carbocycles. The van der Waals surface area contributed by atoms with E-state index in [1.54, 1.807) is 0 Å². The van der Waals surface area contributed by atoms with Crippen molar-refractivity contribution in [2.45, 2.75) is 12.6 Å². The molecule has 1 aromatic carbocycles. The Morgan fingerprint density at radius 2 is 1.46 bits per heavy atom. The standard InChI is InChI=1S/C8H5F5/c9-6-2-1-3-7(10)5(6)4-8(11,12)13/h1-3H,4H2. The Morgan fingerprint density at radius 1 is 1.00 bits per heavy atom. The molecule has 5 heteroatoms. The van der Waals surface area contributed by atoms with Gasteiger partial charge in [-0.2, -0.15) is 13.2 Å². The van der Waals surface area contributed by atoms with Gasteiger partial charge in [0.05, 0.1) is 6.42 Å². The van der Waals surface area contributed by atoms with Crippen molar-refractivity contribution in [3.63, 3.8) is 0 Å². The highest BCUT2D eigenvalue weighted by Crippen LogP contribution is 2.24. The van der Waals surface area contributed by atoms with E-state index >= 15 is 0 Å². The summed E-state index contributed by atoms with van der Waals surface area (Å²) in [6.45, 7) is 0. The molecule has 0 heterocycles. The third kappa shape index (κ3) is 2.68. The molecule has 0 aliphatic carbocycles. The summed E-state index contributed by atoms with van der Waals surface area (Å²) < 4.78 is 60.6. The summed E-state index contributed by atoms with van der Waals surface area (Å²) >= 11 is 0. The fourth-order valence-corrected chi connectivity index (χ4v) is 0.902. The van der Waals surface area contributed by atoms with Crippen LogP contribution in [0.25, 0.3) is 0 Å². The highest BCUT2D eigenvalue weighted by molar-refractivity contribution is 5.20. The minimum absolute atomic E-state index is 0.796. The molecule has 0 aliphatic heterocycles. The van der Waals surface area contributed by atoms with Crippen molar-refractivity contribution in [1.82, 2.24) is 0 Å². The van der Waals surface area contributed by atoms with Gasteiger partial charge < -0.3 is 0 Å². The van der Waals surface area contributed by atoms with E-state index in [0.29, 0.717) is 0 Å². The number of hydrogen-bond donors (Lipinski definition) is 0. The van der Waals surface area contributed by atoms with Gasteiger partial charge in [0.1, 0.15) is 11.6 Å². The molecule has 13 heavy (non-hydrogen) atoms. The number of benzene rings is 1. The highest BCUT2D eigenvalue weighted by Gasteiger charge is 2.30. The van der Waals surface area contributed by atoms with Crippen LogP contribution in [0.2, 0.25) is 0 Å². The molecule has 0 radical (unpaired) electrons. The summed E-state index contributed by atoms with van der Waals surface area (Å²) in [5.41, 5.74) is -0.935. The molecule has 0 N–H and O–H groups in total. The van der Waals surface area contributed by atoms with E-state index in [9.17, 15) is 22.0 Å². The Balaban J connectivity index is 3.00. The van der Waals surface area contributed by atoms with Gasteiger partial charge in [0.25, 0.3) is 0 Å². The number of rotatable bonds is 1. The molecule has 0 aliphatic rings. The second-order valence-corrected chi connectivity index (χ2v) is 2.49. The molecule has 0 atom stereocenters. The third-order valence-electron chi connectivity index (χ3n) is 1.44. The Morgan fingerprint density at radius 3 is 1.85 bits per heavy atom. The lowest BCUT2D eigenvalue weighted by Gasteiger charge is -2.07. The Kier molecular flexibility index (Phi) is 2.54. The van der Waals surface area contributed by atoms with Crippen molar-refractivity contribution in [2.75, 3.05) is 0 Å². The van der Waals surface area contributed by atoms with Crippen molar-refractivity contribution in [3.05, 3.63) is 35.4 Å². The summed E-state index contributed by atoms with van der Waals surface area (Å²) in [5, 5.41) is 0. The maximum Gasteiger partial charge on any atom is 0.393 e. The molecule has 0 amide bonds. The predicted molar refractivity (Wildman–Crippen MR) is 36.1 cm³/mol. The smallest absolute Gasteiger partial charge is 0.207 e. The van der Waals surface area contributed by atoms with E-state index in [-0.39, 0.29) is 0 Å². The van der Waals surface area contributed by atoms with Crippen LogP contribution in [0.1, 0.15) is 5.56 Å². The second-order valence-electron chi connectivity index (χ2n) is 2.49. The fraction of sp³-hybridized carbons (Fsp3) is 0.250. The molecule has 0 spiro atoms. The Labute approximate surface area is 71.0 Å². The van der Waals surface area contributed by atoms with Gasteiger partial charge in [0.2, 0.25) is 0 Å². The van der Waals surface area contributed by atoms with E-state index in [2.05, 4.69) is 0 Å². The average molecular weight is 196 g/mol. The third-order valence-corrected chi connectivity index (χ3v) is 1.44. The molecule has 0 aromatic heterocycles. The zero-order valence-corrected chi connectivity index (χ0v) is 6.33. The molecular formula is C8H5F5. The van der Waals surface area contributed by atoms with E-state index < -0.39 is 29.8 Å². The largest absolute Gasteiger partial charge is 0.393 e. The monoisotopic (exact) mass is 196 g/mol. The van der Waals surface area contributed by atoms with E-state index in [1.165, 1.54) is 0 Å². The molecule has 0 fully saturated rings. The van der Waals surface area contributed by atoms with Crippen LogP contribution in [0.5, 0.6) is 0 Å². The molecule has 0 bridgehead atoms. The maximum absolute atomic E-state index is 12.6. The summed E-state index contributed by atoms with van der Waals surface area (Å²) in [5.74, 6) is -2.34. The average Bonchev–Trinajstić information content (AvgIpc) is 1.95. The van der Waals surface area contributed by atoms with E-state index in [1.807, 2.05) is 0 Å². The van der Waals surface area contributed by atoms with Gasteiger partial charge in [-0.25, -0.2) is 8.78 Å². The van der Waals surface area contributed by atoms with Crippen molar-refractivity contribution in [2.24, 2.45) is 0 Å². The molecule has 1 rings (SSSR count). The van der Waals surface area contributed by atoms with Gasteiger partial charge in [-0.3, -0.25) is 0 Å². The van der Waals surface area contributed by atoms with Crippen molar-refractivity contribution in [3.8, 4) is 0 Å². The lowest BCUT2D eigenvalue weighted by molar-refractivity contribution is -0.128. The zero-order chi connectivity index (χ0) is 10.1. The summed E-state index contributed by atoms with van der Waals surface area (Å²) in [7, 11) is 0. The van der Waals surface area contributed by atoms with Crippen LogP contribution >= 0.6 is 0 Å². The van der Waals surface area contributed by atoms with Crippen LogP contribution in [0.4, 0.5) is 22.0 Å². The molecule has 0 saturated heterocycles. The SMILES string of the molecule is Fc1cccc(F)c1CC(F)(F)F. The number of alkyl halides is 3. The minimum Gasteiger partial charge on any atom is -0.207 e. The van der Waals surface area contributed by atoms with Gasteiger partial charge >= 0.3 is 6.18 Å².